The predicted molar refractivity (Wildman–Crippen MR) is 146 cm³/mol. The molecule has 1 amide bonds. The van der Waals surface area contributed by atoms with Gasteiger partial charge in [-0.15, -0.1) is 5.10 Å². The van der Waals surface area contributed by atoms with Crippen LogP contribution in [0.25, 0.3) is 5.82 Å². The lowest BCUT2D eigenvalue weighted by atomic mass is 10.1. The van der Waals surface area contributed by atoms with E-state index in [-0.39, 0.29) is 29.8 Å². The number of hydrogen-bond donors (Lipinski definition) is 2. The van der Waals surface area contributed by atoms with Gasteiger partial charge in [0.2, 0.25) is 11.6 Å². The first-order valence-electron chi connectivity index (χ1n) is 13.2. The topological polar surface area (TPSA) is 159 Å². The summed E-state index contributed by atoms with van der Waals surface area (Å²) in [5.41, 5.74) is 10.3. The number of rotatable bonds is 11. The third-order valence-corrected chi connectivity index (χ3v) is 6.40. The molecule has 2 aromatic heterocycles. The van der Waals surface area contributed by atoms with Crippen LogP contribution in [0.3, 0.4) is 0 Å². The molecule has 41 heavy (non-hydrogen) atoms. The second-order valence-electron chi connectivity index (χ2n) is 9.36. The van der Waals surface area contributed by atoms with Gasteiger partial charge in [-0.2, -0.15) is 9.78 Å². The summed E-state index contributed by atoms with van der Waals surface area (Å²) in [5.74, 6) is 0.128. The van der Waals surface area contributed by atoms with Crippen LogP contribution in [0.4, 0.5) is 10.2 Å². The van der Waals surface area contributed by atoms with Crippen molar-refractivity contribution < 1.29 is 23.3 Å². The van der Waals surface area contributed by atoms with Crippen LogP contribution in [-0.2, 0) is 13.2 Å². The number of aromatic nitrogens is 5. The molecular formula is C27H30FN9O4. The van der Waals surface area contributed by atoms with Gasteiger partial charge in [-0.05, 0) is 84.6 Å². The maximum absolute atomic E-state index is 13.5. The molecule has 4 aromatic rings. The molecule has 0 spiro atoms. The van der Waals surface area contributed by atoms with E-state index >= 15 is 0 Å². The molecule has 0 radical (unpaired) electrons. The highest BCUT2D eigenvalue weighted by Crippen LogP contribution is 2.29. The van der Waals surface area contributed by atoms with Gasteiger partial charge >= 0.3 is 0 Å². The van der Waals surface area contributed by atoms with E-state index in [1.807, 2.05) is 6.92 Å². The second-order valence-corrected chi connectivity index (χ2v) is 9.36. The number of carbonyl (C=O) groups excluding carboxylic acids is 1. The van der Waals surface area contributed by atoms with Crippen LogP contribution in [0.1, 0.15) is 53.5 Å². The van der Waals surface area contributed by atoms with Gasteiger partial charge < -0.3 is 15.2 Å². The molecule has 0 atom stereocenters. The average molecular weight is 564 g/mol. The van der Waals surface area contributed by atoms with Gasteiger partial charge in [-0.3, -0.25) is 9.69 Å². The highest BCUT2D eigenvalue weighted by atomic mass is 19.1. The van der Waals surface area contributed by atoms with Crippen molar-refractivity contribution in [2.45, 2.75) is 39.3 Å². The van der Waals surface area contributed by atoms with Crippen LogP contribution >= 0.6 is 0 Å². The fourth-order valence-corrected chi connectivity index (χ4v) is 4.46. The standard InChI is InChI=1S/C27H30FN9O4/c1-2-39-23-14-18(9-10-22(23)40-17-19-7-6-8-20(28)13-19)15-30-32-27(38)24-21(16-36-11-4-3-5-12-36)31-35-37(24)26-25(29)33-41-34-26/h6-10,13-15H,2-5,11-12,16-17H2,1H3,(H2,29,33)(H,32,38)/b30-15-. The zero-order valence-corrected chi connectivity index (χ0v) is 22.5. The number of hydrazone groups is 1. The number of nitrogens with zero attached hydrogens (tertiary/aromatic N) is 7. The Bertz CT molecular complexity index is 1510. The largest absolute Gasteiger partial charge is 0.490 e. The summed E-state index contributed by atoms with van der Waals surface area (Å²) >= 11 is 0. The summed E-state index contributed by atoms with van der Waals surface area (Å²) in [5, 5.41) is 19.8. The lowest BCUT2D eigenvalue weighted by Crippen LogP contribution is -2.31. The normalized spacial score (nSPS) is 13.9. The molecule has 0 aliphatic carbocycles. The van der Waals surface area contributed by atoms with E-state index in [9.17, 15) is 9.18 Å². The minimum Gasteiger partial charge on any atom is -0.490 e. The Balaban J connectivity index is 1.31. The van der Waals surface area contributed by atoms with Gasteiger partial charge in [-0.1, -0.05) is 23.8 Å². The highest BCUT2D eigenvalue weighted by molar-refractivity contribution is 5.95. The molecule has 5 rings (SSSR count). The van der Waals surface area contributed by atoms with Gasteiger partial charge in [0, 0.05) is 6.54 Å². The number of amides is 1. The van der Waals surface area contributed by atoms with Crippen molar-refractivity contribution in [2.75, 3.05) is 25.4 Å². The minimum atomic E-state index is -0.555. The van der Waals surface area contributed by atoms with Gasteiger partial charge in [0.15, 0.2) is 17.2 Å². The zero-order chi connectivity index (χ0) is 28.6. The average Bonchev–Trinajstić information content (AvgIpc) is 3.59. The fraction of sp³-hybridized carbons (Fsp3) is 0.333. The molecule has 1 aliphatic rings. The van der Waals surface area contributed by atoms with Crippen LogP contribution in [0.2, 0.25) is 0 Å². The number of halogens is 1. The Hall–Kier alpha value is -4.85. The summed E-state index contributed by atoms with van der Waals surface area (Å²) in [6.07, 6.45) is 4.82. The molecule has 13 nitrogen and oxygen atoms in total. The maximum atomic E-state index is 13.5. The van der Waals surface area contributed by atoms with Crippen LogP contribution in [0, 0.1) is 5.82 Å². The minimum absolute atomic E-state index is 0.0277. The Labute approximate surface area is 235 Å². The van der Waals surface area contributed by atoms with E-state index in [4.69, 9.17) is 19.8 Å². The van der Waals surface area contributed by atoms with Crippen LogP contribution in [0.15, 0.2) is 52.2 Å². The molecule has 3 heterocycles. The predicted octanol–water partition coefficient (Wildman–Crippen LogP) is 3.10. The molecule has 1 fully saturated rings. The van der Waals surface area contributed by atoms with E-state index in [0.29, 0.717) is 41.5 Å². The van der Waals surface area contributed by atoms with Crippen LogP contribution in [0.5, 0.6) is 11.5 Å². The third kappa shape index (κ3) is 6.84. The van der Waals surface area contributed by atoms with Gasteiger partial charge in [0.25, 0.3) is 5.91 Å². The molecule has 0 unspecified atom stereocenters. The summed E-state index contributed by atoms with van der Waals surface area (Å²) in [7, 11) is 0. The third-order valence-electron chi connectivity index (χ3n) is 6.40. The smallest absolute Gasteiger partial charge is 0.292 e. The van der Waals surface area contributed by atoms with Crippen molar-refractivity contribution in [3.05, 3.63) is 70.8 Å². The molecule has 3 N–H and O–H groups in total. The van der Waals surface area contributed by atoms with Crippen molar-refractivity contribution in [3.8, 4) is 17.3 Å². The Morgan fingerprint density at radius 3 is 2.76 bits per heavy atom. The van der Waals surface area contributed by atoms with Crippen LogP contribution < -0.4 is 20.6 Å². The Kier molecular flexibility index (Phi) is 8.79. The first-order valence-corrected chi connectivity index (χ1v) is 13.2. The second kappa shape index (κ2) is 13.0. The fourth-order valence-electron chi connectivity index (χ4n) is 4.46. The van der Waals surface area contributed by atoms with E-state index < -0.39 is 5.91 Å². The molecule has 0 bridgehead atoms. The van der Waals surface area contributed by atoms with Crippen molar-refractivity contribution in [1.29, 1.82) is 0 Å². The van der Waals surface area contributed by atoms with Crippen LogP contribution in [-0.4, -0.2) is 62.0 Å². The SMILES string of the molecule is CCOc1cc(/C=N\NC(=O)c2c(CN3CCCCC3)nnn2-c2nonc2N)ccc1OCc1cccc(F)c1. The van der Waals surface area contributed by atoms with Crippen molar-refractivity contribution in [1.82, 2.24) is 35.6 Å². The lowest BCUT2D eigenvalue weighted by molar-refractivity contribution is 0.0944. The highest BCUT2D eigenvalue weighted by Gasteiger charge is 2.26. The summed E-state index contributed by atoms with van der Waals surface area (Å²) in [6, 6.07) is 11.4. The summed E-state index contributed by atoms with van der Waals surface area (Å²) in [6.45, 7) is 4.69. The molecule has 1 aliphatic heterocycles. The molecule has 214 valence electrons. The van der Waals surface area contributed by atoms with E-state index in [1.54, 1.807) is 30.3 Å². The number of carbonyl (C=O) groups is 1. The lowest BCUT2D eigenvalue weighted by Gasteiger charge is -2.25. The number of ether oxygens (including phenoxy) is 2. The number of anilines is 1. The number of benzene rings is 2. The van der Waals surface area contributed by atoms with E-state index in [0.717, 1.165) is 25.9 Å². The van der Waals surface area contributed by atoms with E-state index in [2.05, 4.69) is 36.1 Å². The summed E-state index contributed by atoms with van der Waals surface area (Å²) < 4.78 is 31.0. The van der Waals surface area contributed by atoms with Gasteiger partial charge in [0.05, 0.1) is 12.8 Å². The molecular weight excluding hydrogens is 533 g/mol. The number of piperidine rings is 1. The summed E-state index contributed by atoms with van der Waals surface area (Å²) in [4.78, 5) is 15.5. The first kappa shape index (κ1) is 27.7. The molecule has 14 heteroatoms. The molecule has 0 saturated carbocycles. The van der Waals surface area contributed by atoms with Crippen molar-refractivity contribution in [3.63, 3.8) is 0 Å². The number of nitrogens with one attached hydrogen (secondary N) is 1. The molecule has 1 saturated heterocycles. The molecule has 2 aromatic carbocycles. The van der Waals surface area contributed by atoms with Gasteiger partial charge in [-0.25, -0.2) is 14.4 Å². The number of nitrogen functional groups attached to an aromatic ring is 1. The number of hydrogen-bond acceptors (Lipinski definition) is 11. The first-order chi connectivity index (χ1) is 20.0. The quantitative estimate of drug-likeness (QED) is 0.205. The monoisotopic (exact) mass is 563 g/mol. The Morgan fingerprint density at radius 2 is 2.00 bits per heavy atom. The number of nitrogens with two attached hydrogens (primary N) is 1. The Morgan fingerprint density at radius 1 is 1.15 bits per heavy atom. The van der Waals surface area contributed by atoms with Crippen molar-refractivity contribution >= 4 is 17.9 Å². The van der Waals surface area contributed by atoms with Crippen molar-refractivity contribution in [2.24, 2.45) is 5.10 Å². The number of likely N-dealkylation sites (tertiary alicyclic amines) is 1. The zero-order valence-electron chi connectivity index (χ0n) is 22.5. The van der Waals surface area contributed by atoms with E-state index in [1.165, 1.54) is 29.4 Å². The van der Waals surface area contributed by atoms with Gasteiger partial charge in [0.1, 0.15) is 18.1 Å². The maximum Gasteiger partial charge on any atom is 0.292 e.